The lowest BCUT2D eigenvalue weighted by atomic mass is 9.96. The second kappa shape index (κ2) is 6.57. The van der Waals surface area contributed by atoms with Crippen LogP contribution in [0.5, 0.6) is 0 Å². The van der Waals surface area contributed by atoms with Crippen molar-refractivity contribution in [2.75, 3.05) is 13.7 Å². The first-order valence-corrected chi connectivity index (χ1v) is 7.37. The normalized spacial score (nSPS) is 24.2. The molecule has 1 rings (SSSR count). The molecule has 116 valence electrons. The average molecular weight is 284 g/mol. The SMILES string of the molecule is CCC1C(=O)NC(CC(C)C)C(=O)N1CC(C)(C)OC. The Balaban J connectivity index is 2.94. The third-order valence-corrected chi connectivity index (χ3v) is 3.77. The standard InChI is InChI=1S/C15H28N2O3/c1-7-12-13(18)16-11(8-10(2)3)14(19)17(12)9-15(4,5)20-6/h10-12H,7-9H2,1-6H3,(H,16,18). The van der Waals surface area contributed by atoms with Crippen molar-refractivity contribution in [3.63, 3.8) is 0 Å². The number of nitrogens with one attached hydrogen (secondary N) is 1. The Morgan fingerprint density at radius 1 is 1.35 bits per heavy atom. The highest BCUT2D eigenvalue weighted by molar-refractivity contribution is 5.97. The average Bonchev–Trinajstić information content (AvgIpc) is 2.34. The number of rotatable bonds is 6. The lowest BCUT2D eigenvalue weighted by molar-refractivity contribution is -0.153. The molecule has 20 heavy (non-hydrogen) atoms. The van der Waals surface area contributed by atoms with Crippen molar-refractivity contribution < 1.29 is 14.3 Å². The largest absolute Gasteiger partial charge is 0.377 e. The number of amides is 2. The van der Waals surface area contributed by atoms with Gasteiger partial charge in [0.1, 0.15) is 12.1 Å². The van der Waals surface area contributed by atoms with Gasteiger partial charge in [0, 0.05) is 7.11 Å². The summed E-state index contributed by atoms with van der Waals surface area (Å²) in [5.41, 5.74) is -0.455. The number of hydrogen-bond donors (Lipinski definition) is 1. The number of carbonyl (C=O) groups excluding carboxylic acids is 2. The third-order valence-electron chi connectivity index (χ3n) is 3.77. The minimum atomic E-state index is -0.455. The molecule has 1 N–H and O–H groups in total. The third kappa shape index (κ3) is 3.95. The first kappa shape index (κ1) is 17.0. The Kier molecular flexibility index (Phi) is 5.57. The highest BCUT2D eigenvalue weighted by Crippen LogP contribution is 2.21. The molecule has 2 unspecified atom stereocenters. The van der Waals surface area contributed by atoms with Crippen molar-refractivity contribution >= 4 is 11.8 Å². The van der Waals surface area contributed by atoms with Gasteiger partial charge < -0.3 is 15.0 Å². The van der Waals surface area contributed by atoms with Gasteiger partial charge in [0.25, 0.3) is 0 Å². The summed E-state index contributed by atoms with van der Waals surface area (Å²) in [6.45, 7) is 10.3. The Labute approximate surface area is 122 Å². The van der Waals surface area contributed by atoms with Crippen LogP contribution in [0.15, 0.2) is 0 Å². The monoisotopic (exact) mass is 284 g/mol. The van der Waals surface area contributed by atoms with Crippen LogP contribution in [0.1, 0.15) is 47.5 Å². The van der Waals surface area contributed by atoms with E-state index in [1.807, 2.05) is 20.8 Å². The molecule has 0 aromatic rings. The predicted molar refractivity (Wildman–Crippen MR) is 78.3 cm³/mol. The smallest absolute Gasteiger partial charge is 0.245 e. The minimum absolute atomic E-state index is 0.00951. The fourth-order valence-corrected chi connectivity index (χ4v) is 2.52. The summed E-state index contributed by atoms with van der Waals surface area (Å²) in [7, 11) is 1.63. The zero-order chi connectivity index (χ0) is 15.5. The summed E-state index contributed by atoms with van der Waals surface area (Å²) in [5.74, 6) is 0.319. The molecule has 0 saturated carbocycles. The second-order valence-electron chi connectivity index (χ2n) is 6.54. The van der Waals surface area contributed by atoms with Crippen LogP contribution in [0.2, 0.25) is 0 Å². The molecule has 5 heteroatoms. The van der Waals surface area contributed by atoms with Crippen molar-refractivity contribution in [2.24, 2.45) is 5.92 Å². The quantitative estimate of drug-likeness (QED) is 0.805. The highest BCUT2D eigenvalue weighted by Gasteiger charge is 2.41. The van der Waals surface area contributed by atoms with Gasteiger partial charge in [-0.2, -0.15) is 0 Å². The molecule has 0 aromatic carbocycles. The van der Waals surface area contributed by atoms with Crippen LogP contribution in [-0.4, -0.2) is 48.1 Å². The lowest BCUT2D eigenvalue weighted by Crippen LogP contribution is -2.65. The van der Waals surface area contributed by atoms with Gasteiger partial charge in [-0.1, -0.05) is 20.8 Å². The Hall–Kier alpha value is -1.10. The molecule has 1 aliphatic heterocycles. The van der Waals surface area contributed by atoms with E-state index in [1.165, 1.54) is 0 Å². The number of piperazine rings is 1. The maximum atomic E-state index is 12.6. The van der Waals surface area contributed by atoms with Crippen LogP contribution < -0.4 is 5.32 Å². The van der Waals surface area contributed by atoms with Crippen LogP contribution in [0.4, 0.5) is 0 Å². The van der Waals surface area contributed by atoms with E-state index in [0.29, 0.717) is 25.3 Å². The molecule has 0 aliphatic carbocycles. The molecule has 0 aromatic heterocycles. The van der Waals surface area contributed by atoms with E-state index in [-0.39, 0.29) is 17.9 Å². The van der Waals surface area contributed by atoms with Crippen molar-refractivity contribution in [1.29, 1.82) is 0 Å². The van der Waals surface area contributed by atoms with Gasteiger partial charge in [-0.05, 0) is 32.6 Å². The first-order valence-electron chi connectivity index (χ1n) is 7.37. The highest BCUT2D eigenvalue weighted by atomic mass is 16.5. The molecule has 1 heterocycles. The second-order valence-corrected chi connectivity index (χ2v) is 6.54. The summed E-state index contributed by atoms with van der Waals surface area (Å²) >= 11 is 0. The zero-order valence-electron chi connectivity index (χ0n) is 13.5. The van der Waals surface area contributed by atoms with Crippen LogP contribution >= 0.6 is 0 Å². The van der Waals surface area contributed by atoms with Crippen molar-refractivity contribution in [2.45, 2.75) is 65.1 Å². The van der Waals surface area contributed by atoms with Gasteiger partial charge in [0.05, 0.1) is 12.1 Å². The van der Waals surface area contributed by atoms with Gasteiger partial charge in [0.2, 0.25) is 11.8 Å². The van der Waals surface area contributed by atoms with Crippen LogP contribution in [0.25, 0.3) is 0 Å². The van der Waals surface area contributed by atoms with Gasteiger partial charge in [-0.25, -0.2) is 0 Å². The first-order chi connectivity index (χ1) is 9.21. The summed E-state index contributed by atoms with van der Waals surface area (Å²) in [6.07, 6.45) is 1.29. The number of nitrogens with zero attached hydrogens (tertiary/aromatic N) is 1. The molecular weight excluding hydrogens is 256 g/mol. The van der Waals surface area contributed by atoms with E-state index in [1.54, 1.807) is 12.0 Å². The fourth-order valence-electron chi connectivity index (χ4n) is 2.52. The van der Waals surface area contributed by atoms with E-state index >= 15 is 0 Å². The summed E-state index contributed by atoms with van der Waals surface area (Å²) < 4.78 is 5.41. The minimum Gasteiger partial charge on any atom is -0.377 e. The summed E-state index contributed by atoms with van der Waals surface area (Å²) in [6, 6.07) is -0.793. The molecule has 1 saturated heterocycles. The van der Waals surface area contributed by atoms with Crippen molar-refractivity contribution in [3.8, 4) is 0 Å². The van der Waals surface area contributed by atoms with E-state index < -0.39 is 11.6 Å². The van der Waals surface area contributed by atoms with E-state index in [9.17, 15) is 9.59 Å². The van der Waals surface area contributed by atoms with Gasteiger partial charge >= 0.3 is 0 Å². The molecule has 0 bridgehead atoms. The Bertz CT molecular complexity index is 366. The van der Waals surface area contributed by atoms with Crippen molar-refractivity contribution in [3.05, 3.63) is 0 Å². The zero-order valence-corrected chi connectivity index (χ0v) is 13.5. The summed E-state index contributed by atoms with van der Waals surface area (Å²) in [5, 5.41) is 2.86. The molecule has 2 atom stereocenters. The molecule has 0 radical (unpaired) electrons. The fraction of sp³-hybridized carbons (Fsp3) is 0.867. The lowest BCUT2D eigenvalue weighted by Gasteiger charge is -2.42. The summed E-state index contributed by atoms with van der Waals surface area (Å²) in [4.78, 5) is 26.5. The van der Waals surface area contributed by atoms with Crippen LogP contribution in [0.3, 0.4) is 0 Å². The predicted octanol–water partition coefficient (Wildman–Crippen LogP) is 1.56. The van der Waals surface area contributed by atoms with E-state index in [2.05, 4.69) is 19.2 Å². The maximum Gasteiger partial charge on any atom is 0.245 e. The molecular formula is C15H28N2O3. The van der Waals surface area contributed by atoms with Crippen LogP contribution in [-0.2, 0) is 14.3 Å². The topological polar surface area (TPSA) is 58.6 Å². The number of methoxy groups -OCH3 is 1. The number of hydrogen-bond acceptors (Lipinski definition) is 3. The van der Waals surface area contributed by atoms with E-state index in [0.717, 1.165) is 0 Å². The Morgan fingerprint density at radius 3 is 2.40 bits per heavy atom. The molecule has 5 nitrogen and oxygen atoms in total. The molecule has 1 fully saturated rings. The number of carbonyl (C=O) groups is 2. The Morgan fingerprint density at radius 2 is 1.95 bits per heavy atom. The van der Waals surface area contributed by atoms with Crippen molar-refractivity contribution in [1.82, 2.24) is 10.2 Å². The maximum absolute atomic E-state index is 12.6. The van der Waals surface area contributed by atoms with Gasteiger partial charge in [0.15, 0.2) is 0 Å². The van der Waals surface area contributed by atoms with E-state index in [4.69, 9.17) is 4.74 Å². The van der Waals surface area contributed by atoms with Gasteiger partial charge in [-0.15, -0.1) is 0 Å². The molecule has 2 amide bonds. The molecule has 1 aliphatic rings. The van der Waals surface area contributed by atoms with Crippen LogP contribution in [0, 0.1) is 5.92 Å². The molecule has 0 spiro atoms. The van der Waals surface area contributed by atoms with Gasteiger partial charge in [-0.3, -0.25) is 9.59 Å². The number of ether oxygens (including phenoxy) is 1.